The molecule has 3 nitrogen and oxygen atoms in total. The predicted molar refractivity (Wildman–Crippen MR) is 46.2 cm³/mol. The Labute approximate surface area is 68.3 Å². The number of hydrogen-bond donors (Lipinski definition) is 2. The van der Waals surface area contributed by atoms with Gasteiger partial charge >= 0.3 is 0 Å². The van der Waals surface area contributed by atoms with Crippen LogP contribution in [0.15, 0.2) is 0 Å². The second-order valence-corrected chi connectivity index (χ2v) is 3.41. The number of rotatable bonds is 3. The molecular weight excluding hydrogens is 140 g/mol. The molecule has 3 N–H and O–H groups in total. The lowest BCUT2D eigenvalue weighted by molar-refractivity contribution is -0.122. The van der Waals surface area contributed by atoms with Gasteiger partial charge in [-0.2, -0.15) is 0 Å². The number of nitrogens with two attached hydrogens (primary N) is 1. The maximum atomic E-state index is 11.0. The Morgan fingerprint density at radius 3 is 2.36 bits per heavy atom. The number of nitrogens with one attached hydrogen (secondary N) is 1. The van der Waals surface area contributed by atoms with Gasteiger partial charge in [0.2, 0.25) is 5.91 Å². The lowest BCUT2D eigenvalue weighted by Crippen LogP contribution is -2.54. The molecule has 11 heavy (non-hydrogen) atoms. The molecule has 0 heterocycles. The van der Waals surface area contributed by atoms with Crippen molar-refractivity contribution in [1.82, 2.24) is 5.32 Å². The molecule has 3 heteroatoms. The van der Waals surface area contributed by atoms with E-state index in [1.54, 1.807) is 0 Å². The van der Waals surface area contributed by atoms with Gasteiger partial charge in [0.1, 0.15) is 0 Å². The van der Waals surface area contributed by atoms with E-state index in [9.17, 15) is 4.79 Å². The Bertz CT molecular complexity index is 141. The van der Waals surface area contributed by atoms with E-state index in [1.165, 1.54) is 0 Å². The summed E-state index contributed by atoms with van der Waals surface area (Å²) in [7, 11) is 0. The summed E-state index contributed by atoms with van der Waals surface area (Å²) in [4.78, 5) is 11.0. The molecule has 0 fully saturated rings. The first-order valence-corrected chi connectivity index (χ1v) is 3.96. The molecule has 0 saturated heterocycles. The third-order valence-corrected chi connectivity index (χ3v) is 1.92. The highest BCUT2D eigenvalue weighted by Crippen LogP contribution is 2.05. The number of hydrogen-bond acceptors (Lipinski definition) is 2. The lowest BCUT2D eigenvalue weighted by atomic mass is 9.97. The van der Waals surface area contributed by atoms with Gasteiger partial charge < -0.3 is 11.1 Å². The zero-order chi connectivity index (χ0) is 9.07. The van der Waals surface area contributed by atoms with Crippen LogP contribution in [0.3, 0.4) is 0 Å². The maximum Gasteiger partial charge on any atom is 0.220 e. The third kappa shape index (κ3) is 3.37. The molecule has 0 aromatic rings. The number of amides is 1. The number of carbonyl (C=O) groups is 1. The highest BCUT2D eigenvalue weighted by atomic mass is 16.1. The van der Waals surface area contributed by atoms with Crippen molar-refractivity contribution < 1.29 is 4.79 Å². The van der Waals surface area contributed by atoms with Crippen molar-refractivity contribution in [1.29, 1.82) is 0 Å². The average Bonchev–Trinajstić information content (AvgIpc) is 1.86. The van der Waals surface area contributed by atoms with Crippen molar-refractivity contribution in [3.63, 3.8) is 0 Å². The first kappa shape index (κ1) is 10.4. The molecule has 66 valence electrons. The van der Waals surface area contributed by atoms with Crippen molar-refractivity contribution in [3.05, 3.63) is 0 Å². The van der Waals surface area contributed by atoms with Crippen LogP contribution in [0.2, 0.25) is 0 Å². The van der Waals surface area contributed by atoms with Crippen molar-refractivity contribution >= 4 is 5.91 Å². The fourth-order valence-corrected chi connectivity index (χ4v) is 0.562. The molecular formula is C8H18N2O. The van der Waals surface area contributed by atoms with Gasteiger partial charge in [0.25, 0.3) is 0 Å². The molecule has 0 aliphatic heterocycles. The summed E-state index contributed by atoms with van der Waals surface area (Å²) in [6.07, 6.45) is 0.510. The molecule has 0 aliphatic carbocycles. The fourth-order valence-electron chi connectivity index (χ4n) is 0.562. The second kappa shape index (κ2) is 3.72. The largest absolute Gasteiger partial charge is 0.350 e. The Morgan fingerprint density at radius 2 is 2.09 bits per heavy atom. The van der Waals surface area contributed by atoms with Crippen molar-refractivity contribution in [2.45, 2.75) is 45.7 Å². The van der Waals surface area contributed by atoms with Crippen LogP contribution in [0.4, 0.5) is 0 Å². The topological polar surface area (TPSA) is 55.1 Å². The van der Waals surface area contributed by atoms with E-state index in [1.807, 2.05) is 27.7 Å². The van der Waals surface area contributed by atoms with E-state index in [0.29, 0.717) is 6.42 Å². The summed E-state index contributed by atoms with van der Waals surface area (Å²) in [6, 6.07) is -0.0296. The quantitative estimate of drug-likeness (QED) is 0.633. The Hall–Kier alpha value is -0.570. The molecule has 0 bridgehead atoms. The van der Waals surface area contributed by atoms with Crippen LogP contribution < -0.4 is 11.1 Å². The van der Waals surface area contributed by atoms with Crippen molar-refractivity contribution in [2.24, 2.45) is 5.73 Å². The second-order valence-electron chi connectivity index (χ2n) is 3.41. The molecule has 1 unspecified atom stereocenters. The standard InChI is InChI=1S/C8H18N2O/c1-5-7(11)10-8(3,4)6(2)9/h6H,5,9H2,1-4H3,(H,10,11). The van der Waals surface area contributed by atoms with Gasteiger partial charge in [-0.25, -0.2) is 0 Å². The Kier molecular flexibility index (Phi) is 3.52. The zero-order valence-electron chi connectivity index (χ0n) is 7.77. The molecule has 1 amide bonds. The van der Waals surface area contributed by atoms with Gasteiger partial charge in [0.15, 0.2) is 0 Å². The van der Waals surface area contributed by atoms with Crippen molar-refractivity contribution in [2.75, 3.05) is 0 Å². The Morgan fingerprint density at radius 1 is 1.64 bits per heavy atom. The summed E-state index contributed by atoms with van der Waals surface area (Å²) in [6.45, 7) is 7.55. The summed E-state index contributed by atoms with van der Waals surface area (Å²) < 4.78 is 0. The van der Waals surface area contributed by atoms with E-state index < -0.39 is 0 Å². The third-order valence-electron chi connectivity index (χ3n) is 1.92. The normalized spacial score (nSPS) is 14.3. The summed E-state index contributed by atoms with van der Waals surface area (Å²) in [5.74, 6) is 0.0484. The zero-order valence-corrected chi connectivity index (χ0v) is 7.77. The predicted octanol–water partition coefficient (Wildman–Crippen LogP) is 0.638. The first-order chi connectivity index (χ1) is 4.90. The van der Waals surface area contributed by atoms with E-state index in [0.717, 1.165) is 0 Å². The smallest absolute Gasteiger partial charge is 0.220 e. The van der Waals surface area contributed by atoms with E-state index in [4.69, 9.17) is 5.73 Å². The SMILES string of the molecule is CCC(=O)NC(C)(C)C(C)N. The summed E-state index contributed by atoms with van der Waals surface area (Å²) in [5.41, 5.74) is 5.36. The van der Waals surface area contributed by atoms with Crippen LogP contribution in [-0.4, -0.2) is 17.5 Å². The van der Waals surface area contributed by atoms with Crippen LogP contribution in [0.25, 0.3) is 0 Å². The monoisotopic (exact) mass is 158 g/mol. The van der Waals surface area contributed by atoms with Gasteiger partial charge in [-0.15, -0.1) is 0 Å². The molecule has 0 saturated carbocycles. The first-order valence-electron chi connectivity index (χ1n) is 3.96. The van der Waals surface area contributed by atoms with E-state index >= 15 is 0 Å². The Balaban J connectivity index is 4.01. The molecule has 1 atom stereocenters. The van der Waals surface area contributed by atoms with E-state index in [2.05, 4.69) is 5.32 Å². The van der Waals surface area contributed by atoms with Gasteiger partial charge in [0.05, 0.1) is 0 Å². The minimum atomic E-state index is -0.299. The van der Waals surface area contributed by atoms with Gasteiger partial charge in [-0.1, -0.05) is 6.92 Å². The van der Waals surface area contributed by atoms with Crippen LogP contribution in [0.5, 0.6) is 0 Å². The molecule has 0 aromatic heterocycles. The van der Waals surface area contributed by atoms with Crippen LogP contribution in [-0.2, 0) is 4.79 Å². The van der Waals surface area contributed by atoms with Crippen LogP contribution in [0, 0.1) is 0 Å². The van der Waals surface area contributed by atoms with Gasteiger partial charge in [-0.05, 0) is 20.8 Å². The van der Waals surface area contributed by atoms with E-state index in [-0.39, 0.29) is 17.5 Å². The average molecular weight is 158 g/mol. The summed E-state index contributed by atoms with van der Waals surface area (Å²) >= 11 is 0. The highest BCUT2D eigenvalue weighted by Gasteiger charge is 2.23. The highest BCUT2D eigenvalue weighted by molar-refractivity contribution is 5.76. The lowest BCUT2D eigenvalue weighted by Gasteiger charge is -2.30. The molecule has 0 aliphatic rings. The van der Waals surface area contributed by atoms with Crippen LogP contribution >= 0.6 is 0 Å². The number of carbonyl (C=O) groups excluding carboxylic acids is 1. The maximum absolute atomic E-state index is 11.0. The summed E-state index contributed by atoms with van der Waals surface area (Å²) in [5, 5.41) is 2.84. The minimum absolute atomic E-state index is 0.0296. The molecule has 0 radical (unpaired) electrons. The fraction of sp³-hybridized carbons (Fsp3) is 0.875. The molecule has 0 rings (SSSR count). The van der Waals surface area contributed by atoms with Gasteiger partial charge in [-0.3, -0.25) is 4.79 Å². The molecule has 0 spiro atoms. The molecule has 0 aromatic carbocycles. The minimum Gasteiger partial charge on any atom is -0.350 e. The van der Waals surface area contributed by atoms with Gasteiger partial charge in [0, 0.05) is 18.0 Å². The van der Waals surface area contributed by atoms with Crippen molar-refractivity contribution in [3.8, 4) is 0 Å². The van der Waals surface area contributed by atoms with Crippen LogP contribution in [0.1, 0.15) is 34.1 Å².